The van der Waals surface area contributed by atoms with E-state index in [1.165, 1.54) is 12.5 Å². The minimum Gasteiger partial charge on any atom is -0.331 e. The van der Waals surface area contributed by atoms with E-state index in [-0.39, 0.29) is 17.8 Å². The first kappa shape index (κ1) is 11.4. The van der Waals surface area contributed by atoms with E-state index in [1.54, 1.807) is 11.6 Å². The molecule has 0 bridgehead atoms. The Morgan fingerprint density at radius 1 is 1.41 bits per heavy atom. The standard InChI is InChI=1S/C12H10F2N2O/c1-16-7-15-6-11(16)12(17)5-8-4-9(13)2-3-10(8)14/h2-4,6-7H,5H2,1H3. The molecule has 0 unspecified atom stereocenters. The van der Waals surface area contributed by atoms with E-state index in [9.17, 15) is 13.6 Å². The molecule has 2 aromatic rings. The molecule has 88 valence electrons. The fourth-order valence-corrected chi connectivity index (χ4v) is 1.57. The Morgan fingerprint density at radius 2 is 2.18 bits per heavy atom. The molecule has 2 rings (SSSR count). The number of halogens is 2. The summed E-state index contributed by atoms with van der Waals surface area (Å²) < 4.78 is 27.8. The number of ketones is 1. The van der Waals surface area contributed by atoms with Gasteiger partial charge in [0.2, 0.25) is 0 Å². The summed E-state index contributed by atoms with van der Waals surface area (Å²) in [6.07, 6.45) is 2.71. The first-order chi connectivity index (χ1) is 8.08. The van der Waals surface area contributed by atoms with Crippen LogP contribution < -0.4 is 0 Å². The number of carbonyl (C=O) groups excluding carboxylic acids is 1. The molecule has 0 saturated carbocycles. The van der Waals surface area contributed by atoms with Crippen LogP contribution in [-0.2, 0) is 13.5 Å². The van der Waals surface area contributed by atoms with E-state index in [1.807, 2.05) is 0 Å². The smallest absolute Gasteiger partial charge is 0.185 e. The lowest BCUT2D eigenvalue weighted by Gasteiger charge is -2.03. The Bertz CT molecular complexity index is 563. The number of benzene rings is 1. The van der Waals surface area contributed by atoms with Crippen LogP contribution in [0.25, 0.3) is 0 Å². The van der Waals surface area contributed by atoms with Crippen molar-refractivity contribution in [3.05, 3.63) is 53.6 Å². The number of aryl methyl sites for hydroxylation is 1. The highest BCUT2D eigenvalue weighted by Crippen LogP contribution is 2.12. The molecule has 3 nitrogen and oxygen atoms in total. The second-order valence-corrected chi connectivity index (χ2v) is 3.73. The molecule has 0 radical (unpaired) electrons. The van der Waals surface area contributed by atoms with Crippen LogP contribution in [0.3, 0.4) is 0 Å². The van der Waals surface area contributed by atoms with E-state index >= 15 is 0 Å². The van der Waals surface area contributed by atoms with Crippen molar-refractivity contribution in [1.29, 1.82) is 0 Å². The van der Waals surface area contributed by atoms with Crippen LogP contribution in [-0.4, -0.2) is 15.3 Å². The van der Waals surface area contributed by atoms with Crippen molar-refractivity contribution in [2.24, 2.45) is 7.05 Å². The summed E-state index contributed by atoms with van der Waals surface area (Å²) in [6, 6.07) is 3.07. The van der Waals surface area contributed by atoms with Crippen molar-refractivity contribution < 1.29 is 13.6 Å². The van der Waals surface area contributed by atoms with Crippen molar-refractivity contribution in [1.82, 2.24) is 9.55 Å². The molecular weight excluding hydrogens is 226 g/mol. The third-order valence-corrected chi connectivity index (χ3v) is 2.46. The second-order valence-electron chi connectivity index (χ2n) is 3.73. The van der Waals surface area contributed by atoms with Crippen LogP contribution in [0.15, 0.2) is 30.7 Å². The Kier molecular flexibility index (Phi) is 2.99. The van der Waals surface area contributed by atoms with E-state index in [0.29, 0.717) is 5.69 Å². The zero-order valence-corrected chi connectivity index (χ0v) is 9.15. The van der Waals surface area contributed by atoms with Gasteiger partial charge in [0, 0.05) is 13.5 Å². The maximum Gasteiger partial charge on any atom is 0.185 e. The zero-order valence-electron chi connectivity index (χ0n) is 9.15. The van der Waals surface area contributed by atoms with Gasteiger partial charge in [-0.1, -0.05) is 0 Å². The molecule has 0 fully saturated rings. The number of carbonyl (C=O) groups is 1. The molecule has 1 heterocycles. The summed E-state index contributed by atoms with van der Waals surface area (Å²) in [5.74, 6) is -1.43. The Labute approximate surface area is 96.7 Å². The van der Waals surface area contributed by atoms with Crippen LogP contribution in [0.2, 0.25) is 0 Å². The Morgan fingerprint density at radius 3 is 2.82 bits per heavy atom. The molecule has 1 aromatic carbocycles. The van der Waals surface area contributed by atoms with Gasteiger partial charge in [-0.15, -0.1) is 0 Å². The molecule has 1 aromatic heterocycles. The monoisotopic (exact) mass is 236 g/mol. The number of hydrogen-bond acceptors (Lipinski definition) is 2. The van der Waals surface area contributed by atoms with Gasteiger partial charge in [-0.05, 0) is 23.8 Å². The number of aromatic nitrogens is 2. The maximum atomic E-state index is 13.3. The van der Waals surface area contributed by atoms with Gasteiger partial charge in [-0.2, -0.15) is 0 Å². The van der Waals surface area contributed by atoms with Gasteiger partial charge in [0.25, 0.3) is 0 Å². The number of imidazole rings is 1. The molecule has 0 aliphatic rings. The fraction of sp³-hybridized carbons (Fsp3) is 0.167. The van der Waals surface area contributed by atoms with Crippen LogP contribution in [0.5, 0.6) is 0 Å². The number of hydrogen-bond donors (Lipinski definition) is 0. The quantitative estimate of drug-likeness (QED) is 0.765. The first-order valence-electron chi connectivity index (χ1n) is 5.01. The minimum absolute atomic E-state index is 0.0520. The molecule has 17 heavy (non-hydrogen) atoms. The molecule has 0 N–H and O–H groups in total. The van der Waals surface area contributed by atoms with Crippen LogP contribution in [0, 0.1) is 11.6 Å². The highest BCUT2D eigenvalue weighted by atomic mass is 19.1. The Balaban J connectivity index is 2.24. The number of nitrogens with zero attached hydrogens (tertiary/aromatic N) is 2. The van der Waals surface area contributed by atoms with Crippen molar-refractivity contribution in [2.45, 2.75) is 6.42 Å². The molecule has 0 atom stereocenters. The molecule has 0 aliphatic carbocycles. The van der Waals surface area contributed by atoms with Gasteiger partial charge in [0.1, 0.15) is 17.3 Å². The average Bonchev–Trinajstić information content (AvgIpc) is 2.70. The molecular formula is C12H10F2N2O. The third kappa shape index (κ3) is 2.38. The average molecular weight is 236 g/mol. The predicted molar refractivity (Wildman–Crippen MR) is 57.6 cm³/mol. The van der Waals surface area contributed by atoms with Gasteiger partial charge in [0.15, 0.2) is 5.78 Å². The predicted octanol–water partition coefficient (Wildman–Crippen LogP) is 2.12. The number of Topliss-reactive ketones (excluding diaryl/α,β-unsaturated/α-hetero) is 1. The lowest BCUT2D eigenvalue weighted by atomic mass is 10.1. The van der Waals surface area contributed by atoms with Crippen molar-refractivity contribution in [2.75, 3.05) is 0 Å². The normalized spacial score (nSPS) is 10.5. The van der Waals surface area contributed by atoms with Gasteiger partial charge in [-0.25, -0.2) is 13.8 Å². The minimum atomic E-state index is -0.582. The summed E-state index contributed by atoms with van der Waals surface area (Å²) in [6.45, 7) is 0. The van der Waals surface area contributed by atoms with Crippen LogP contribution in [0.1, 0.15) is 16.1 Å². The lowest BCUT2D eigenvalue weighted by Crippen LogP contribution is -2.09. The van der Waals surface area contributed by atoms with Gasteiger partial charge in [-0.3, -0.25) is 4.79 Å². The van der Waals surface area contributed by atoms with Crippen molar-refractivity contribution in [3.8, 4) is 0 Å². The SMILES string of the molecule is Cn1cncc1C(=O)Cc1cc(F)ccc1F. The van der Waals surface area contributed by atoms with E-state index in [2.05, 4.69) is 4.98 Å². The lowest BCUT2D eigenvalue weighted by molar-refractivity contribution is 0.0984. The largest absolute Gasteiger partial charge is 0.331 e. The fourth-order valence-electron chi connectivity index (χ4n) is 1.57. The molecule has 5 heteroatoms. The van der Waals surface area contributed by atoms with Crippen LogP contribution >= 0.6 is 0 Å². The van der Waals surface area contributed by atoms with Gasteiger partial charge >= 0.3 is 0 Å². The molecule has 0 amide bonds. The summed E-state index contributed by atoms with van der Waals surface area (Å²) in [4.78, 5) is 15.6. The number of rotatable bonds is 3. The summed E-state index contributed by atoms with van der Waals surface area (Å²) in [5.41, 5.74) is 0.421. The summed E-state index contributed by atoms with van der Waals surface area (Å²) in [5, 5.41) is 0. The molecule has 0 saturated heterocycles. The van der Waals surface area contributed by atoms with Gasteiger partial charge < -0.3 is 4.57 Å². The molecule has 0 aliphatic heterocycles. The second kappa shape index (κ2) is 4.45. The van der Waals surface area contributed by atoms with Crippen molar-refractivity contribution >= 4 is 5.78 Å². The summed E-state index contributed by atoms with van der Waals surface area (Å²) >= 11 is 0. The summed E-state index contributed by atoms with van der Waals surface area (Å²) in [7, 11) is 1.67. The van der Waals surface area contributed by atoms with Crippen LogP contribution in [0.4, 0.5) is 8.78 Å². The van der Waals surface area contributed by atoms with Gasteiger partial charge in [0.05, 0.1) is 12.5 Å². The zero-order chi connectivity index (χ0) is 12.4. The first-order valence-corrected chi connectivity index (χ1v) is 5.01. The highest BCUT2D eigenvalue weighted by Gasteiger charge is 2.13. The van der Waals surface area contributed by atoms with E-state index < -0.39 is 11.6 Å². The van der Waals surface area contributed by atoms with E-state index in [4.69, 9.17) is 0 Å². The topological polar surface area (TPSA) is 34.9 Å². The van der Waals surface area contributed by atoms with Crippen molar-refractivity contribution in [3.63, 3.8) is 0 Å². The van der Waals surface area contributed by atoms with E-state index in [0.717, 1.165) is 18.2 Å². The third-order valence-electron chi connectivity index (χ3n) is 2.46. The highest BCUT2D eigenvalue weighted by molar-refractivity contribution is 5.95. The maximum absolute atomic E-state index is 13.3. The molecule has 0 spiro atoms. The Hall–Kier alpha value is -2.04.